The monoisotopic (exact) mass is 288 g/mol. The van der Waals surface area contributed by atoms with Gasteiger partial charge in [-0.3, -0.25) is 4.90 Å². The summed E-state index contributed by atoms with van der Waals surface area (Å²) in [5, 5.41) is 3.91. The lowest BCUT2D eigenvalue weighted by Crippen LogP contribution is -2.53. The summed E-state index contributed by atoms with van der Waals surface area (Å²) in [4.78, 5) is 10.5. The predicted octanol–water partition coefficient (Wildman–Crippen LogP) is 1.77. The molecule has 1 saturated heterocycles. The van der Waals surface area contributed by atoms with Crippen LogP contribution < -0.4 is 0 Å². The van der Waals surface area contributed by atoms with Crippen molar-refractivity contribution in [1.82, 2.24) is 20.0 Å². The Morgan fingerprint density at radius 1 is 1.38 bits per heavy atom. The zero-order chi connectivity index (χ0) is 14.3. The highest BCUT2D eigenvalue weighted by molar-refractivity contribution is 5.27. The van der Waals surface area contributed by atoms with E-state index in [1.54, 1.807) is 0 Å². The Bertz CT molecular complexity index is 627. The van der Waals surface area contributed by atoms with Gasteiger partial charge in [-0.2, -0.15) is 0 Å². The maximum Gasteiger partial charge on any atom is 0.138 e. The van der Waals surface area contributed by atoms with Gasteiger partial charge in [0, 0.05) is 44.0 Å². The van der Waals surface area contributed by atoms with Gasteiger partial charge in [0.05, 0.1) is 23.8 Å². The summed E-state index contributed by atoms with van der Waals surface area (Å²) in [5.74, 6) is 0.907. The standard InChI is InChI=1S/C15H20N4O2/c1-11-12(8-18-21-11)9-19-5-2-13-14(17-10-16-13)15(19)3-6-20-7-4-15/h8,10H,2-7,9H2,1H3,(H,16,17). The Morgan fingerprint density at radius 3 is 3.00 bits per heavy atom. The molecule has 1 spiro atoms. The van der Waals surface area contributed by atoms with Crippen LogP contribution in [0.4, 0.5) is 0 Å². The van der Waals surface area contributed by atoms with Gasteiger partial charge in [-0.25, -0.2) is 4.98 Å². The van der Waals surface area contributed by atoms with Crippen LogP contribution in [0, 0.1) is 6.92 Å². The fourth-order valence-corrected chi connectivity index (χ4v) is 3.69. The molecule has 4 heterocycles. The average Bonchev–Trinajstić information content (AvgIpc) is 3.13. The largest absolute Gasteiger partial charge is 0.381 e. The number of H-pyrrole nitrogens is 1. The molecule has 6 heteroatoms. The van der Waals surface area contributed by atoms with E-state index in [1.807, 2.05) is 19.4 Å². The average molecular weight is 288 g/mol. The van der Waals surface area contributed by atoms with Gasteiger partial charge in [0.1, 0.15) is 5.76 Å². The van der Waals surface area contributed by atoms with E-state index >= 15 is 0 Å². The molecule has 0 unspecified atom stereocenters. The summed E-state index contributed by atoms with van der Waals surface area (Å²) < 4.78 is 10.8. The highest BCUT2D eigenvalue weighted by Gasteiger charge is 2.45. The van der Waals surface area contributed by atoms with E-state index in [-0.39, 0.29) is 5.54 Å². The second-order valence-corrected chi connectivity index (χ2v) is 5.95. The third kappa shape index (κ3) is 2.01. The van der Waals surface area contributed by atoms with Crippen molar-refractivity contribution in [2.75, 3.05) is 19.8 Å². The maximum atomic E-state index is 5.60. The van der Waals surface area contributed by atoms with Gasteiger partial charge in [0.2, 0.25) is 0 Å². The highest BCUT2D eigenvalue weighted by atomic mass is 16.5. The van der Waals surface area contributed by atoms with Gasteiger partial charge in [-0.15, -0.1) is 0 Å². The molecule has 4 rings (SSSR count). The molecule has 0 saturated carbocycles. The zero-order valence-electron chi connectivity index (χ0n) is 12.3. The summed E-state index contributed by atoms with van der Waals surface area (Å²) in [5.41, 5.74) is 3.66. The lowest BCUT2D eigenvalue weighted by atomic mass is 9.80. The van der Waals surface area contributed by atoms with Crippen LogP contribution in [0.5, 0.6) is 0 Å². The fraction of sp³-hybridized carbons (Fsp3) is 0.600. The number of ether oxygens (including phenoxy) is 1. The molecule has 2 aliphatic rings. The molecule has 112 valence electrons. The summed E-state index contributed by atoms with van der Waals surface area (Å²) in [6.07, 6.45) is 6.67. The summed E-state index contributed by atoms with van der Waals surface area (Å²) >= 11 is 0. The smallest absolute Gasteiger partial charge is 0.138 e. The molecule has 0 bridgehead atoms. The first kappa shape index (κ1) is 13.0. The van der Waals surface area contributed by atoms with Crippen LogP contribution in [0.3, 0.4) is 0 Å². The van der Waals surface area contributed by atoms with Gasteiger partial charge in [-0.05, 0) is 19.8 Å². The number of aromatic amines is 1. The van der Waals surface area contributed by atoms with E-state index in [0.717, 1.165) is 51.3 Å². The van der Waals surface area contributed by atoms with Crippen molar-refractivity contribution in [1.29, 1.82) is 0 Å². The fourth-order valence-electron chi connectivity index (χ4n) is 3.69. The summed E-state index contributed by atoms with van der Waals surface area (Å²) in [6.45, 7) is 5.46. The molecule has 1 fully saturated rings. The minimum Gasteiger partial charge on any atom is -0.381 e. The van der Waals surface area contributed by atoms with Crippen LogP contribution in [0.1, 0.15) is 35.6 Å². The minimum absolute atomic E-state index is 0.00442. The summed E-state index contributed by atoms with van der Waals surface area (Å²) in [6, 6.07) is 0. The second-order valence-electron chi connectivity index (χ2n) is 5.95. The van der Waals surface area contributed by atoms with Crippen molar-refractivity contribution < 1.29 is 9.26 Å². The van der Waals surface area contributed by atoms with Gasteiger partial charge in [0.25, 0.3) is 0 Å². The van der Waals surface area contributed by atoms with Crippen molar-refractivity contribution in [2.45, 2.75) is 38.3 Å². The number of aromatic nitrogens is 3. The van der Waals surface area contributed by atoms with Crippen molar-refractivity contribution >= 4 is 0 Å². The molecule has 6 nitrogen and oxygen atoms in total. The molecule has 0 aliphatic carbocycles. The second kappa shape index (κ2) is 4.96. The number of nitrogens with zero attached hydrogens (tertiary/aromatic N) is 3. The molecule has 0 radical (unpaired) electrons. The molecule has 2 aliphatic heterocycles. The van der Waals surface area contributed by atoms with E-state index in [1.165, 1.54) is 17.0 Å². The molecule has 0 aromatic carbocycles. The number of aryl methyl sites for hydroxylation is 1. The molecule has 0 amide bonds. The van der Waals surface area contributed by atoms with Gasteiger partial charge in [-0.1, -0.05) is 5.16 Å². The topological polar surface area (TPSA) is 67.2 Å². The molecule has 2 aromatic heterocycles. The van der Waals surface area contributed by atoms with Gasteiger partial charge < -0.3 is 14.2 Å². The third-order valence-corrected chi connectivity index (χ3v) is 4.93. The van der Waals surface area contributed by atoms with Crippen LogP contribution >= 0.6 is 0 Å². The first-order valence-electron chi connectivity index (χ1n) is 7.55. The van der Waals surface area contributed by atoms with Crippen molar-refractivity contribution in [3.05, 3.63) is 35.2 Å². The van der Waals surface area contributed by atoms with Crippen molar-refractivity contribution in [3.8, 4) is 0 Å². The first-order chi connectivity index (χ1) is 10.3. The Kier molecular flexibility index (Phi) is 3.08. The van der Waals surface area contributed by atoms with Crippen LogP contribution in [-0.4, -0.2) is 39.8 Å². The number of nitrogens with one attached hydrogen (secondary N) is 1. The Morgan fingerprint density at radius 2 is 2.24 bits per heavy atom. The van der Waals surface area contributed by atoms with Crippen molar-refractivity contribution in [2.24, 2.45) is 0 Å². The maximum absolute atomic E-state index is 5.60. The van der Waals surface area contributed by atoms with Crippen molar-refractivity contribution in [3.63, 3.8) is 0 Å². The first-order valence-corrected chi connectivity index (χ1v) is 7.55. The van der Waals surface area contributed by atoms with E-state index in [2.05, 4.69) is 20.0 Å². The number of imidazole rings is 1. The molecular weight excluding hydrogens is 268 g/mol. The van der Waals surface area contributed by atoms with Gasteiger partial charge >= 0.3 is 0 Å². The molecular formula is C15H20N4O2. The van der Waals surface area contributed by atoms with Crippen LogP contribution in [0.25, 0.3) is 0 Å². The van der Waals surface area contributed by atoms with E-state index in [9.17, 15) is 0 Å². The predicted molar refractivity (Wildman–Crippen MR) is 75.7 cm³/mol. The number of rotatable bonds is 2. The lowest BCUT2D eigenvalue weighted by molar-refractivity contribution is -0.0451. The Labute approximate surface area is 123 Å². The number of hydrogen-bond donors (Lipinski definition) is 1. The Balaban J connectivity index is 1.71. The molecule has 1 N–H and O–H groups in total. The molecule has 2 aromatic rings. The quantitative estimate of drug-likeness (QED) is 0.912. The van der Waals surface area contributed by atoms with Crippen LogP contribution in [0.2, 0.25) is 0 Å². The molecule has 21 heavy (non-hydrogen) atoms. The minimum atomic E-state index is -0.00442. The zero-order valence-corrected chi connectivity index (χ0v) is 12.3. The molecule has 0 atom stereocenters. The third-order valence-electron chi connectivity index (χ3n) is 4.93. The van der Waals surface area contributed by atoms with Crippen LogP contribution in [0.15, 0.2) is 17.0 Å². The van der Waals surface area contributed by atoms with E-state index in [0.29, 0.717) is 0 Å². The lowest BCUT2D eigenvalue weighted by Gasteiger charge is -2.48. The number of hydrogen-bond acceptors (Lipinski definition) is 5. The van der Waals surface area contributed by atoms with Crippen LogP contribution in [-0.2, 0) is 23.2 Å². The number of fused-ring (bicyclic) bond motifs is 2. The highest BCUT2D eigenvalue weighted by Crippen LogP contribution is 2.42. The normalized spacial score (nSPS) is 21.6. The summed E-state index contributed by atoms with van der Waals surface area (Å²) in [7, 11) is 0. The SMILES string of the molecule is Cc1oncc1CN1CCc2[nH]cnc2C12CCOCC2. The van der Waals surface area contributed by atoms with Gasteiger partial charge in [0.15, 0.2) is 0 Å². The van der Waals surface area contributed by atoms with E-state index in [4.69, 9.17) is 9.26 Å². The van der Waals surface area contributed by atoms with E-state index < -0.39 is 0 Å². The Hall–Kier alpha value is -1.66.